The Hall–Kier alpha value is -1.76. The lowest BCUT2D eigenvalue weighted by Crippen LogP contribution is -2.36. The fourth-order valence-corrected chi connectivity index (χ4v) is 2.35. The van der Waals surface area contributed by atoms with Crippen molar-refractivity contribution in [3.63, 3.8) is 0 Å². The van der Waals surface area contributed by atoms with Crippen LogP contribution in [0.15, 0.2) is 0 Å². The molecule has 2 heterocycles. The number of aryl methyl sites for hydroxylation is 2. The Morgan fingerprint density at radius 3 is 2.75 bits per heavy atom. The van der Waals surface area contributed by atoms with Crippen LogP contribution in [0, 0.1) is 6.92 Å². The molecule has 110 valence electrons. The predicted molar refractivity (Wildman–Crippen MR) is 77.9 cm³/mol. The lowest BCUT2D eigenvalue weighted by molar-refractivity contribution is 0.217. The van der Waals surface area contributed by atoms with Crippen molar-refractivity contribution in [3.05, 3.63) is 11.5 Å². The third kappa shape index (κ3) is 2.58. The molecule has 0 aliphatic heterocycles. The van der Waals surface area contributed by atoms with Gasteiger partial charge in [0.05, 0.1) is 11.6 Å². The SMILES string of the molecule is Cc1nn(C)c2c1nc(CCl)n2CCNC(=O)N(C)C. The molecule has 2 aromatic rings. The van der Waals surface area contributed by atoms with Crippen molar-refractivity contribution in [3.8, 4) is 0 Å². The summed E-state index contributed by atoms with van der Waals surface area (Å²) in [5, 5.41) is 7.18. The topological polar surface area (TPSA) is 68.0 Å². The lowest BCUT2D eigenvalue weighted by atomic mass is 10.4. The number of urea groups is 1. The van der Waals surface area contributed by atoms with Gasteiger partial charge in [-0.2, -0.15) is 5.10 Å². The summed E-state index contributed by atoms with van der Waals surface area (Å²) in [5.74, 6) is 1.12. The minimum Gasteiger partial charge on any atom is -0.336 e. The Labute approximate surface area is 122 Å². The number of fused-ring (bicyclic) bond motifs is 1. The van der Waals surface area contributed by atoms with Gasteiger partial charge in [-0.1, -0.05) is 0 Å². The van der Waals surface area contributed by atoms with Gasteiger partial charge in [-0.05, 0) is 6.92 Å². The lowest BCUT2D eigenvalue weighted by Gasteiger charge is -2.13. The summed E-state index contributed by atoms with van der Waals surface area (Å²) >= 11 is 5.95. The van der Waals surface area contributed by atoms with E-state index in [1.807, 2.05) is 18.5 Å². The molecule has 0 saturated carbocycles. The van der Waals surface area contributed by atoms with Crippen molar-refractivity contribution >= 4 is 28.8 Å². The predicted octanol–water partition coefficient (Wildman–Crippen LogP) is 1.09. The number of imidazole rings is 1. The molecule has 2 rings (SSSR count). The Balaban J connectivity index is 2.22. The third-order valence-corrected chi connectivity index (χ3v) is 3.35. The smallest absolute Gasteiger partial charge is 0.316 e. The Bertz CT molecular complexity index is 629. The molecule has 0 aliphatic rings. The number of hydrogen-bond donors (Lipinski definition) is 1. The van der Waals surface area contributed by atoms with Gasteiger partial charge in [0.2, 0.25) is 0 Å². The van der Waals surface area contributed by atoms with Gasteiger partial charge in [0.25, 0.3) is 0 Å². The first-order chi connectivity index (χ1) is 9.45. The molecule has 0 saturated heterocycles. The zero-order chi connectivity index (χ0) is 14.9. The van der Waals surface area contributed by atoms with E-state index in [4.69, 9.17) is 11.6 Å². The summed E-state index contributed by atoms with van der Waals surface area (Å²) in [6.07, 6.45) is 0. The molecule has 8 heteroatoms. The fraction of sp³-hybridized carbons (Fsp3) is 0.583. The first-order valence-corrected chi connectivity index (χ1v) is 6.89. The highest BCUT2D eigenvalue weighted by molar-refractivity contribution is 6.16. The minimum absolute atomic E-state index is 0.116. The monoisotopic (exact) mass is 298 g/mol. The van der Waals surface area contributed by atoms with Crippen molar-refractivity contribution in [2.75, 3.05) is 20.6 Å². The van der Waals surface area contributed by atoms with Crippen LogP contribution in [0.4, 0.5) is 4.79 Å². The van der Waals surface area contributed by atoms with Crippen LogP contribution in [0.3, 0.4) is 0 Å². The van der Waals surface area contributed by atoms with E-state index in [0.29, 0.717) is 19.0 Å². The second-order valence-electron chi connectivity index (χ2n) is 4.82. The van der Waals surface area contributed by atoms with Crippen molar-refractivity contribution < 1.29 is 4.79 Å². The molecule has 0 spiro atoms. The number of aromatic nitrogens is 4. The molecule has 7 nitrogen and oxygen atoms in total. The number of hydrogen-bond acceptors (Lipinski definition) is 3. The Kier molecular flexibility index (Phi) is 4.17. The highest BCUT2D eigenvalue weighted by Crippen LogP contribution is 2.19. The number of rotatable bonds is 4. The standard InChI is InChI=1S/C12H19ClN6O/c1-8-10-11(18(4)16-8)19(9(7-13)15-10)6-5-14-12(20)17(2)3/h5-7H2,1-4H3,(H,14,20). The number of carbonyl (C=O) groups is 1. The number of carbonyl (C=O) groups excluding carboxylic acids is 1. The van der Waals surface area contributed by atoms with Crippen LogP contribution < -0.4 is 5.32 Å². The van der Waals surface area contributed by atoms with Gasteiger partial charge in [-0.15, -0.1) is 11.6 Å². The maximum Gasteiger partial charge on any atom is 0.316 e. The first-order valence-electron chi connectivity index (χ1n) is 6.35. The van der Waals surface area contributed by atoms with Crippen molar-refractivity contribution in [1.29, 1.82) is 0 Å². The van der Waals surface area contributed by atoms with E-state index in [1.165, 1.54) is 4.90 Å². The maximum absolute atomic E-state index is 11.5. The number of halogens is 1. The summed E-state index contributed by atoms with van der Waals surface area (Å²) in [6, 6.07) is -0.116. The molecule has 20 heavy (non-hydrogen) atoms. The Morgan fingerprint density at radius 2 is 2.15 bits per heavy atom. The van der Waals surface area contributed by atoms with Gasteiger partial charge < -0.3 is 14.8 Å². The van der Waals surface area contributed by atoms with Gasteiger partial charge >= 0.3 is 6.03 Å². The molecular formula is C12H19ClN6O. The van der Waals surface area contributed by atoms with Crippen LogP contribution in [0.2, 0.25) is 0 Å². The summed E-state index contributed by atoms with van der Waals surface area (Å²) in [4.78, 5) is 17.5. The van der Waals surface area contributed by atoms with E-state index >= 15 is 0 Å². The molecule has 2 amide bonds. The molecule has 0 atom stereocenters. The molecule has 0 aromatic carbocycles. The van der Waals surface area contributed by atoms with Gasteiger partial charge in [-0.3, -0.25) is 4.68 Å². The molecule has 0 fully saturated rings. The highest BCUT2D eigenvalue weighted by atomic mass is 35.5. The van der Waals surface area contributed by atoms with Gasteiger partial charge in [0.15, 0.2) is 5.65 Å². The normalized spacial score (nSPS) is 11.1. The minimum atomic E-state index is -0.116. The molecule has 0 unspecified atom stereocenters. The summed E-state index contributed by atoms with van der Waals surface area (Å²) in [6.45, 7) is 3.04. The largest absolute Gasteiger partial charge is 0.336 e. The summed E-state index contributed by atoms with van der Waals surface area (Å²) < 4.78 is 3.79. The Morgan fingerprint density at radius 1 is 1.45 bits per heavy atom. The van der Waals surface area contributed by atoms with E-state index < -0.39 is 0 Å². The number of alkyl halides is 1. The van der Waals surface area contributed by atoms with Crippen LogP contribution >= 0.6 is 11.6 Å². The summed E-state index contributed by atoms with van der Waals surface area (Å²) in [7, 11) is 5.29. The van der Waals surface area contributed by atoms with Crippen molar-refractivity contribution in [2.45, 2.75) is 19.3 Å². The average Bonchev–Trinajstić information content (AvgIpc) is 2.89. The van der Waals surface area contributed by atoms with E-state index in [-0.39, 0.29) is 6.03 Å². The quantitative estimate of drug-likeness (QED) is 0.859. The molecule has 2 aromatic heterocycles. The van der Waals surface area contributed by atoms with Crippen LogP contribution in [0.5, 0.6) is 0 Å². The first kappa shape index (κ1) is 14.6. The van der Waals surface area contributed by atoms with E-state index in [9.17, 15) is 4.79 Å². The number of amides is 2. The van der Waals surface area contributed by atoms with Crippen molar-refractivity contribution in [1.82, 2.24) is 29.5 Å². The van der Waals surface area contributed by atoms with Gasteiger partial charge in [0, 0.05) is 34.2 Å². The zero-order valence-electron chi connectivity index (χ0n) is 12.1. The van der Waals surface area contributed by atoms with Crippen LogP contribution in [-0.4, -0.2) is 50.9 Å². The van der Waals surface area contributed by atoms with E-state index in [1.54, 1.807) is 18.8 Å². The third-order valence-electron chi connectivity index (χ3n) is 3.11. The van der Waals surface area contributed by atoms with E-state index in [0.717, 1.165) is 22.7 Å². The number of nitrogens with one attached hydrogen (secondary N) is 1. The summed E-state index contributed by atoms with van der Waals surface area (Å²) in [5.41, 5.74) is 2.67. The molecule has 0 bridgehead atoms. The second kappa shape index (κ2) is 5.70. The fourth-order valence-electron chi connectivity index (χ4n) is 2.15. The van der Waals surface area contributed by atoms with Crippen molar-refractivity contribution in [2.24, 2.45) is 7.05 Å². The second-order valence-corrected chi connectivity index (χ2v) is 5.09. The number of nitrogens with zero attached hydrogens (tertiary/aromatic N) is 5. The molecular weight excluding hydrogens is 280 g/mol. The van der Waals surface area contributed by atoms with E-state index in [2.05, 4.69) is 15.4 Å². The zero-order valence-corrected chi connectivity index (χ0v) is 12.9. The van der Waals surface area contributed by atoms with Crippen LogP contribution in [-0.2, 0) is 19.5 Å². The molecule has 1 N–H and O–H groups in total. The molecule has 0 radical (unpaired) electrons. The van der Waals surface area contributed by atoms with Gasteiger partial charge in [0.1, 0.15) is 11.3 Å². The maximum atomic E-state index is 11.5. The average molecular weight is 299 g/mol. The van der Waals surface area contributed by atoms with Crippen LogP contribution in [0.1, 0.15) is 11.5 Å². The van der Waals surface area contributed by atoms with Gasteiger partial charge in [-0.25, -0.2) is 9.78 Å². The highest BCUT2D eigenvalue weighted by Gasteiger charge is 2.16. The molecule has 0 aliphatic carbocycles. The van der Waals surface area contributed by atoms with Crippen LogP contribution in [0.25, 0.3) is 11.2 Å².